The molecule has 0 fully saturated rings. The number of fused-ring (bicyclic) bond motifs is 1. The molecule has 0 aromatic rings. The van der Waals surface area contributed by atoms with Gasteiger partial charge in [0.2, 0.25) is 0 Å². The highest BCUT2D eigenvalue weighted by atomic mass is 14.3. The molecule has 0 N–H and O–H groups in total. The summed E-state index contributed by atoms with van der Waals surface area (Å²) in [7, 11) is 0. The van der Waals surface area contributed by atoms with Crippen molar-refractivity contribution >= 4 is 0 Å². The first kappa shape index (κ1) is 20.2. The molecule has 3 aliphatic carbocycles. The van der Waals surface area contributed by atoms with Crippen LogP contribution in [-0.4, -0.2) is 0 Å². The molecule has 2 unspecified atom stereocenters. The minimum absolute atomic E-state index is 0.406. The van der Waals surface area contributed by atoms with Gasteiger partial charge in [0.15, 0.2) is 0 Å². The van der Waals surface area contributed by atoms with E-state index in [0.717, 1.165) is 25.7 Å². The number of allylic oxidation sites excluding steroid dienone is 14. The molecule has 3 aliphatic rings. The fourth-order valence-electron chi connectivity index (χ4n) is 4.25. The van der Waals surface area contributed by atoms with Crippen LogP contribution in [0.5, 0.6) is 0 Å². The maximum atomic E-state index is 3.59. The van der Waals surface area contributed by atoms with Crippen LogP contribution in [0.25, 0.3) is 0 Å². The zero-order valence-electron chi connectivity index (χ0n) is 17.8. The lowest BCUT2D eigenvalue weighted by Gasteiger charge is -2.29. The Balaban J connectivity index is 1.97. The molecule has 3 rings (SSSR count). The van der Waals surface area contributed by atoms with E-state index in [1.165, 1.54) is 33.4 Å². The van der Waals surface area contributed by atoms with Crippen molar-refractivity contribution in [3.05, 3.63) is 106 Å². The standard InChI is InChI=1S/C28H32/c1-5-7-8-9-10-13-23-18-22(4)28(24(6-2)19-23)27-20-26-15-12-11-14-25(26)17-16-21(27)3/h6-7,9-10,12-13,15-16,18,20-21,27H,5,11,14,19H2,1-4H3. The number of hydrogen-bond donors (Lipinski definition) is 0. The Morgan fingerprint density at radius 2 is 2.18 bits per heavy atom. The van der Waals surface area contributed by atoms with E-state index in [-0.39, 0.29) is 0 Å². The molecule has 0 saturated heterocycles. The zero-order valence-corrected chi connectivity index (χ0v) is 17.8. The number of hydrogen-bond acceptors (Lipinski definition) is 0. The van der Waals surface area contributed by atoms with Gasteiger partial charge in [0.25, 0.3) is 0 Å². The summed E-state index contributed by atoms with van der Waals surface area (Å²) < 4.78 is 0. The van der Waals surface area contributed by atoms with Gasteiger partial charge in [-0.2, -0.15) is 0 Å². The van der Waals surface area contributed by atoms with E-state index in [1.54, 1.807) is 0 Å². The van der Waals surface area contributed by atoms with Gasteiger partial charge in [0, 0.05) is 11.5 Å². The molecule has 0 radical (unpaired) electrons. The summed E-state index contributed by atoms with van der Waals surface area (Å²) in [5, 5.41) is 0. The van der Waals surface area contributed by atoms with Gasteiger partial charge in [0.1, 0.15) is 0 Å². The van der Waals surface area contributed by atoms with Crippen molar-refractivity contribution < 1.29 is 0 Å². The number of rotatable bonds is 4. The lowest BCUT2D eigenvalue weighted by molar-refractivity contribution is 0.580. The summed E-state index contributed by atoms with van der Waals surface area (Å²) in [5.41, 5.74) is 15.2. The lowest BCUT2D eigenvalue weighted by atomic mass is 9.75. The van der Waals surface area contributed by atoms with Crippen LogP contribution in [0.2, 0.25) is 0 Å². The van der Waals surface area contributed by atoms with E-state index in [4.69, 9.17) is 0 Å². The lowest BCUT2D eigenvalue weighted by Crippen LogP contribution is -2.16. The minimum Gasteiger partial charge on any atom is -0.125 e. The third-order valence-corrected chi connectivity index (χ3v) is 5.73. The van der Waals surface area contributed by atoms with Gasteiger partial charge in [-0.1, -0.05) is 56.4 Å². The molecule has 0 aromatic heterocycles. The molecule has 0 heterocycles. The van der Waals surface area contributed by atoms with Gasteiger partial charge in [-0.05, 0) is 91.5 Å². The van der Waals surface area contributed by atoms with E-state index in [1.807, 2.05) is 6.08 Å². The van der Waals surface area contributed by atoms with Gasteiger partial charge in [0.05, 0.1) is 0 Å². The zero-order chi connectivity index (χ0) is 19.9. The smallest absolute Gasteiger partial charge is 0.00989 e. The fourth-order valence-corrected chi connectivity index (χ4v) is 4.25. The maximum absolute atomic E-state index is 3.59. The van der Waals surface area contributed by atoms with Gasteiger partial charge >= 0.3 is 0 Å². The van der Waals surface area contributed by atoms with Crippen LogP contribution in [0.4, 0.5) is 0 Å². The second kappa shape index (κ2) is 9.61. The van der Waals surface area contributed by atoms with Crippen LogP contribution < -0.4 is 0 Å². The van der Waals surface area contributed by atoms with Crippen molar-refractivity contribution in [2.75, 3.05) is 0 Å². The first-order valence-electron chi connectivity index (χ1n) is 10.6. The van der Waals surface area contributed by atoms with E-state index in [0.29, 0.717) is 11.8 Å². The van der Waals surface area contributed by atoms with Crippen LogP contribution >= 0.6 is 0 Å². The minimum atomic E-state index is 0.406. The predicted molar refractivity (Wildman–Crippen MR) is 122 cm³/mol. The molecule has 2 atom stereocenters. The van der Waals surface area contributed by atoms with Crippen LogP contribution in [0.15, 0.2) is 106 Å². The normalized spacial score (nSPS) is 25.7. The molecular formula is C28H32. The Morgan fingerprint density at radius 3 is 2.96 bits per heavy atom. The Kier molecular flexibility index (Phi) is 6.94. The van der Waals surface area contributed by atoms with Crippen molar-refractivity contribution in [1.82, 2.24) is 0 Å². The molecule has 0 bridgehead atoms. The molecular weight excluding hydrogens is 336 g/mol. The second-order valence-electron chi connectivity index (χ2n) is 7.85. The highest BCUT2D eigenvalue weighted by Gasteiger charge is 2.27. The first-order valence-corrected chi connectivity index (χ1v) is 10.6. The molecule has 0 heteroatoms. The Bertz CT molecular complexity index is 921. The van der Waals surface area contributed by atoms with E-state index in [2.05, 4.69) is 93.8 Å². The van der Waals surface area contributed by atoms with Crippen molar-refractivity contribution in [1.29, 1.82) is 0 Å². The first-order chi connectivity index (χ1) is 13.6. The fraction of sp³-hybridized carbons (Fsp3) is 0.357. The summed E-state index contributed by atoms with van der Waals surface area (Å²) in [6.45, 7) is 8.90. The highest BCUT2D eigenvalue weighted by molar-refractivity contribution is 5.54. The topological polar surface area (TPSA) is 0 Å². The van der Waals surface area contributed by atoms with Gasteiger partial charge < -0.3 is 0 Å². The summed E-state index contributed by atoms with van der Waals surface area (Å²) in [5.74, 6) is 0.856. The molecule has 0 amide bonds. The average molecular weight is 369 g/mol. The van der Waals surface area contributed by atoms with Crippen LogP contribution in [0, 0.1) is 11.8 Å². The third kappa shape index (κ3) is 4.66. The Labute approximate surface area is 171 Å². The van der Waals surface area contributed by atoms with Crippen LogP contribution in [0.1, 0.15) is 53.4 Å². The quantitative estimate of drug-likeness (QED) is 0.350. The molecule has 0 saturated carbocycles. The molecule has 28 heavy (non-hydrogen) atoms. The second-order valence-corrected chi connectivity index (χ2v) is 7.85. The summed E-state index contributed by atoms with van der Waals surface area (Å²) >= 11 is 0. The van der Waals surface area contributed by atoms with E-state index < -0.39 is 0 Å². The van der Waals surface area contributed by atoms with Crippen molar-refractivity contribution in [3.8, 4) is 0 Å². The summed E-state index contributed by atoms with van der Waals surface area (Å²) in [6, 6.07) is 0. The molecule has 0 nitrogen and oxygen atoms in total. The third-order valence-electron chi connectivity index (χ3n) is 5.73. The van der Waals surface area contributed by atoms with E-state index >= 15 is 0 Å². The van der Waals surface area contributed by atoms with Crippen LogP contribution in [0.3, 0.4) is 0 Å². The van der Waals surface area contributed by atoms with Gasteiger partial charge in [-0.15, -0.1) is 11.5 Å². The molecule has 144 valence electrons. The van der Waals surface area contributed by atoms with Crippen LogP contribution in [-0.2, 0) is 0 Å². The average Bonchev–Trinajstić information content (AvgIpc) is 2.86. The molecule has 0 aliphatic heterocycles. The SMILES string of the molecule is CC=C1CC(C=CC=C=CCC)=CC(C)=C1C1C=C2C=CCCC2=C=CC1C. The van der Waals surface area contributed by atoms with Crippen molar-refractivity contribution in [3.63, 3.8) is 0 Å². The predicted octanol–water partition coefficient (Wildman–Crippen LogP) is 7.88. The Hall–Kier alpha value is -2.52. The monoisotopic (exact) mass is 368 g/mol. The van der Waals surface area contributed by atoms with Gasteiger partial charge in [-0.25, -0.2) is 0 Å². The van der Waals surface area contributed by atoms with E-state index in [9.17, 15) is 0 Å². The summed E-state index contributed by atoms with van der Waals surface area (Å²) in [6.07, 6.45) is 26.7. The molecule has 0 spiro atoms. The Morgan fingerprint density at radius 1 is 1.32 bits per heavy atom. The maximum Gasteiger partial charge on any atom is 0.00989 e. The summed E-state index contributed by atoms with van der Waals surface area (Å²) in [4.78, 5) is 0. The van der Waals surface area contributed by atoms with Crippen molar-refractivity contribution in [2.24, 2.45) is 11.8 Å². The largest absolute Gasteiger partial charge is 0.125 e. The van der Waals surface area contributed by atoms with Crippen molar-refractivity contribution in [2.45, 2.75) is 53.4 Å². The van der Waals surface area contributed by atoms with Gasteiger partial charge in [-0.3, -0.25) is 0 Å². The highest BCUT2D eigenvalue weighted by Crippen LogP contribution is 2.41. The molecule has 0 aromatic carbocycles.